The Morgan fingerprint density at radius 3 is 2.14 bits per heavy atom. The summed E-state index contributed by atoms with van der Waals surface area (Å²) in [6.07, 6.45) is 18.5. The minimum Gasteiger partial charge on any atom is -0.298 e. The van der Waals surface area contributed by atoms with Gasteiger partial charge in [0, 0.05) is 5.54 Å². The number of rotatable bonds is 13. The zero-order valence-corrected chi connectivity index (χ0v) is 15.2. The number of unbranched alkanes of at least 4 members (excludes halogenated alkanes) is 4. The van der Waals surface area contributed by atoms with Crippen LogP contribution < -0.4 is 0 Å². The summed E-state index contributed by atoms with van der Waals surface area (Å²) in [5.74, 6) is 0.978. The van der Waals surface area contributed by atoms with Gasteiger partial charge in [0.15, 0.2) is 0 Å². The topological polar surface area (TPSA) is 3.24 Å². The second-order valence-corrected chi connectivity index (χ2v) is 6.83. The molecule has 1 rings (SSSR count). The third-order valence-corrected chi connectivity index (χ3v) is 5.34. The first-order chi connectivity index (χ1) is 10.2. The van der Waals surface area contributed by atoms with Crippen molar-refractivity contribution in [2.45, 2.75) is 97.4 Å². The molecule has 0 heterocycles. The maximum atomic E-state index is 2.74. The summed E-state index contributed by atoms with van der Waals surface area (Å²) in [5, 5.41) is 0. The number of nitrogens with zero attached hydrogens (tertiary/aromatic N) is 1. The van der Waals surface area contributed by atoms with E-state index in [1.165, 1.54) is 77.3 Å². The lowest BCUT2D eigenvalue weighted by Gasteiger charge is -2.31. The number of allylic oxidation sites excluding steroid dienone is 2. The normalized spacial score (nSPS) is 25.1. The molecule has 0 N–H and O–H groups in total. The largest absolute Gasteiger partial charge is 0.298 e. The van der Waals surface area contributed by atoms with Crippen molar-refractivity contribution in [3.05, 3.63) is 12.2 Å². The average Bonchev–Trinajstić information content (AvgIpc) is 3.17. The van der Waals surface area contributed by atoms with Gasteiger partial charge in [-0.25, -0.2) is 0 Å². The Morgan fingerprint density at radius 1 is 0.905 bits per heavy atom. The predicted octanol–water partition coefficient (Wildman–Crippen LogP) is 6.19. The van der Waals surface area contributed by atoms with Crippen LogP contribution >= 0.6 is 0 Å². The molecule has 1 aliphatic rings. The second-order valence-electron chi connectivity index (χ2n) is 6.83. The van der Waals surface area contributed by atoms with Crippen molar-refractivity contribution < 1.29 is 0 Å². The van der Waals surface area contributed by atoms with Crippen LogP contribution in [0.5, 0.6) is 0 Å². The van der Waals surface area contributed by atoms with Gasteiger partial charge in [0.05, 0.1) is 0 Å². The molecule has 0 aromatic carbocycles. The van der Waals surface area contributed by atoms with Crippen LogP contribution in [0.4, 0.5) is 0 Å². The van der Waals surface area contributed by atoms with E-state index in [2.05, 4.69) is 44.7 Å². The van der Waals surface area contributed by atoms with Gasteiger partial charge in [-0.1, -0.05) is 59.1 Å². The molecule has 0 bridgehead atoms. The molecule has 0 radical (unpaired) electrons. The first-order valence-corrected chi connectivity index (χ1v) is 9.65. The Labute approximate surface area is 134 Å². The van der Waals surface area contributed by atoms with Crippen LogP contribution in [0.3, 0.4) is 0 Å². The summed E-state index contributed by atoms with van der Waals surface area (Å²) in [5.41, 5.74) is 0.586. The lowest BCUT2D eigenvalue weighted by molar-refractivity contribution is 0.165. The van der Waals surface area contributed by atoms with Crippen molar-refractivity contribution in [1.82, 2.24) is 4.90 Å². The summed E-state index contributed by atoms with van der Waals surface area (Å²) in [6, 6.07) is 0. The monoisotopic (exact) mass is 293 g/mol. The van der Waals surface area contributed by atoms with Crippen LogP contribution in [-0.4, -0.2) is 23.5 Å². The SMILES string of the molecule is CCCCC/C=C/CCC[C@H]1C[C@]1(CCC)N(CC)CC. The third kappa shape index (κ3) is 5.77. The van der Waals surface area contributed by atoms with E-state index in [-0.39, 0.29) is 0 Å². The maximum Gasteiger partial charge on any atom is 0.0241 e. The van der Waals surface area contributed by atoms with Gasteiger partial charge in [0.25, 0.3) is 0 Å². The molecule has 1 heteroatoms. The molecule has 124 valence electrons. The smallest absolute Gasteiger partial charge is 0.0241 e. The Bertz CT molecular complexity index is 280. The standard InChI is InChI=1S/C20H39N/c1-5-9-10-11-12-13-14-15-16-19-18-20(19,17-6-2)21(7-3)8-4/h12-13,19H,5-11,14-18H2,1-4H3/b13-12+/t19-,20-/m0/s1. The highest BCUT2D eigenvalue weighted by atomic mass is 15.2. The van der Waals surface area contributed by atoms with E-state index in [1.54, 1.807) is 0 Å². The fourth-order valence-corrected chi connectivity index (χ4v) is 4.11. The molecule has 0 aromatic rings. The molecule has 2 atom stereocenters. The third-order valence-electron chi connectivity index (χ3n) is 5.34. The lowest BCUT2D eigenvalue weighted by Crippen LogP contribution is -2.38. The Hall–Kier alpha value is -0.300. The van der Waals surface area contributed by atoms with Crippen LogP contribution in [0.1, 0.15) is 91.9 Å². The first kappa shape index (κ1) is 18.7. The molecular weight excluding hydrogens is 254 g/mol. The van der Waals surface area contributed by atoms with Crippen LogP contribution in [0.25, 0.3) is 0 Å². The maximum absolute atomic E-state index is 2.74. The van der Waals surface area contributed by atoms with Gasteiger partial charge < -0.3 is 0 Å². The van der Waals surface area contributed by atoms with Crippen molar-refractivity contribution in [3.8, 4) is 0 Å². The Balaban J connectivity index is 2.21. The zero-order valence-electron chi connectivity index (χ0n) is 15.2. The van der Waals surface area contributed by atoms with E-state index >= 15 is 0 Å². The van der Waals surface area contributed by atoms with E-state index in [0.29, 0.717) is 5.54 Å². The van der Waals surface area contributed by atoms with E-state index in [1.807, 2.05) is 0 Å². The minimum absolute atomic E-state index is 0.586. The van der Waals surface area contributed by atoms with E-state index in [4.69, 9.17) is 0 Å². The highest BCUT2D eigenvalue weighted by Gasteiger charge is 2.55. The molecule has 1 nitrogen and oxygen atoms in total. The Morgan fingerprint density at radius 2 is 1.57 bits per heavy atom. The van der Waals surface area contributed by atoms with Gasteiger partial charge in [0.1, 0.15) is 0 Å². The van der Waals surface area contributed by atoms with Crippen LogP contribution in [-0.2, 0) is 0 Å². The second kappa shape index (κ2) is 10.4. The van der Waals surface area contributed by atoms with Gasteiger partial charge in [-0.05, 0) is 64.0 Å². The van der Waals surface area contributed by atoms with Gasteiger partial charge in [-0.2, -0.15) is 0 Å². The van der Waals surface area contributed by atoms with Gasteiger partial charge in [-0.15, -0.1) is 0 Å². The summed E-state index contributed by atoms with van der Waals surface area (Å²) in [6.45, 7) is 11.7. The molecule has 0 amide bonds. The summed E-state index contributed by atoms with van der Waals surface area (Å²) < 4.78 is 0. The number of hydrogen-bond acceptors (Lipinski definition) is 1. The highest BCUT2D eigenvalue weighted by molar-refractivity contribution is 5.10. The molecule has 1 saturated carbocycles. The molecular formula is C20H39N. The fourth-order valence-electron chi connectivity index (χ4n) is 4.11. The van der Waals surface area contributed by atoms with E-state index in [0.717, 1.165) is 5.92 Å². The quantitative estimate of drug-likeness (QED) is 0.289. The minimum atomic E-state index is 0.586. The van der Waals surface area contributed by atoms with Crippen LogP contribution in [0.2, 0.25) is 0 Å². The van der Waals surface area contributed by atoms with E-state index in [9.17, 15) is 0 Å². The Kier molecular flexibility index (Phi) is 9.31. The zero-order chi connectivity index (χ0) is 15.6. The molecule has 0 aromatic heterocycles. The van der Waals surface area contributed by atoms with Crippen molar-refractivity contribution in [3.63, 3.8) is 0 Å². The number of hydrogen-bond donors (Lipinski definition) is 0. The lowest BCUT2D eigenvalue weighted by atomic mass is 10.0. The van der Waals surface area contributed by atoms with Crippen LogP contribution in [0, 0.1) is 5.92 Å². The van der Waals surface area contributed by atoms with Crippen molar-refractivity contribution in [1.29, 1.82) is 0 Å². The van der Waals surface area contributed by atoms with Crippen molar-refractivity contribution >= 4 is 0 Å². The summed E-state index contributed by atoms with van der Waals surface area (Å²) in [4.78, 5) is 2.74. The molecule has 21 heavy (non-hydrogen) atoms. The molecule has 0 spiro atoms. The highest BCUT2D eigenvalue weighted by Crippen LogP contribution is 2.54. The van der Waals surface area contributed by atoms with Crippen molar-refractivity contribution in [2.75, 3.05) is 13.1 Å². The van der Waals surface area contributed by atoms with Crippen LogP contribution in [0.15, 0.2) is 12.2 Å². The molecule has 0 unspecified atom stereocenters. The summed E-state index contributed by atoms with van der Waals surface area (Å²) >= 11 is 0. The van der Waals surface area contributed by atoms with Gasteiger partial charge >= 0.3 is 0 Å². The molecule has 1 aliphatic carbocycles. The molecule has 0 saturated heterocycles. The fraction of sp³-hybridized carbons (Fsp3) is 0.900. The first-order valence-electron chi connectivity index (χ1n) is 9.65. The van der Waals surface area contributed by atoms with E-state index < -0.39 is 0 Å². The predicted molar refractivity (Wildman–Crippen MR) is 95.8 cm³/mol. The van der Waals surface area contributed by atoms with Gasteiger partial charge in [0.2, 0.25) is 0 Å². The molecule has 0 aliphatic heterocycles. The van der Waals surface area contributed by atoms with Gasteiger partial charge in [-0.3, -0.25) is 4.90 Å². The summed E-state index contributed by atoms with van der Waals surface area (Å²) in [7, 11) is 0. The van der Waals surface area contributed by atoms with Crippen molar-refractivity contribution in [2.24, 2.45) is 5.92 Å². The molecule has 1 fully saturated rings. The average molecular weight is 294 g/mol.